The van der Waals surface area contributed by atoms with Crippen LogP contribution in [0.4, 0.5) is 0 Å². The second-order valence-electron chi connectivity index (χ2n) is 6.32. The van der Waals surface area contributed by atoms with E-state index in [-0.39, 0.29) is 0 Å². The SMILES string of the molecule is CCCC[Si](C)(C)C#Cc1ccc(-c2ccc(I)cc2)cc1. The van der Waals surface area contributed by atoms with Crippen molar-refractivity contribution >= 4 is 30.7 Å². The number of benzene rings is 2. The summed E-state index contributed by atoms with van der Waals surface area (Å²) in [6.45, 7) is 6.99. The average Bonchev–Trinajstić information content (AvgIpc) is 2.52. The van der Waals surface area contributed by atoms with Gasteiger partial charge in [-0.1, -0.05) is 63.0 Å². The fourth-order valence-corrected chi connectivity index (χ4v) is 4.52. The molecule has 0 spiro atoms. The van der Waals surface area contributed by atoms with Crippen LogP contribution < -0.4 is 0 Å². The maximum absolute atomic E-state index is 3.56. The molecule has 0 nitrogen and oxygen atoms in total. The molecule has 0 bridgehead atoms. The van der Waals surface area contributed by atoms with Crippen molar-refractivity contribution in [3.05, 3.63) is 57.7 Å². The number of hydrogen-bond donors (Lipinski definition) is 0. The Morgan fingerprint density at radius 1 is 0.909 bits per heavy atom. The molecule has 2 aromatic carbocycles. The standard InChI is InChI=1S/C20H23ISi/c1-4-5-15-22(2,3)16-14-17-6-8-18(9-7-17)19-10-12-20(21)13-11-19/h6-13H,4-5,15H2,1-3H3. The molecule has 0 fully saturated rings. The molecule has 0 saturated carbocycles. The normalized spacial score (nSPS) is 10.9. The molecule has 0 aliphatic carbocycles. The molecule has 2 rings (SSSR count). The van der Waals surface area contributed by atoms with Gasteiger partial charge in [-0.3, -0.25) is 0 Å². The van der Waals surface area contributed by atoms with E-state index in [9.17, 15) is 0 Å². The Hall–Kier alpha value is -1.05. The Labute approximate surface area is 149 Å². The van der Waals surface area contributed by atoms with E-state index in [1.165, 1.54) is 33.6 Å². The van der Waals surface area contributed by atoms with Gasteiger partial charge in [-0.2, -0.15) is 0 Å². The second-order valence-corrected chi connectivity index (χ2v) is 12.1. The molecule has 0 unspecified atom stereocenters. The first kappa shape index (κ1) is 17.3. The number of hydrogen-bond acceptors (Lipinski definition) is 0. The van der Waals surface area contributed by atoms with E-state index < -0.39 is 8.07 Å². The van der Waals surface area contributed by atoms with Gasteiger partial charge in [0.2, 0.25) is 0 Å². The van der Waals surface area contributed by atoms with Crippen molar-refractivity contribution in [2.75, 3.05) is 0 Å². The summed E-state index contributed by atoms with van der Waals surface area (Å²) in [5, 5.41) is 0. The van der Waals surface area contributed by atoms with Crippen LogP contribution in [-0.2, 0) is 0 Å². The Morgan fingerprint density at radius 2 is 1.45 bits per heavy atom. The smallest absolute Gasteiger partial charge is 0.126 e. The van der Waals surface area contributed by atoms with E-state index in [4.69, 9.17) is 0 Å². The van der Waals surface area contributed by atoms with Crippen molar-refractivity contribution in [1.82, 2.24) is 0 Å². The Balaban J connectivity index is 2.11. The lowest BCUT2D eigenvalue weighted by Crippen LogP contribution is -2.22. The van der Waals surface area contributed by atoms with Gasteiger partial charge in [-0.25, -0.2) is 0 Å². The Bertz CT molecular complexity index is 658. The molecule has 2 heteroatoms. The number of halogens is 1. The van der Waals surface area contributed by atoms with Crippen LogP contribution >= 0.6 is 22.6 Å². The zero-order chi connectivity index (χ0) is 16.0. The molecule has 0 saturated heterocycles. The van der Waals surface area contributed by atoms with Crippen molar-refractivity contribution < 1.29 is 0 Å². The minimum Gasteiger partial charge on any atom is -0.126 e. The van der Waals surface area contributed by atoms with Gasteiger partial charge in [0.05, 0.1) is 0 Å². The predicted octanol–water partition coefficient (Wildman–Crippen LogP) is 6.36. The highest BCUT2D eigenvalue weighted by molar-refractivity contribution is 14.1. The lowest BCUT2D eigenvalue weighted by atomic mass is 10.0. The average molecular weight is 418 g/mol. The van der Waals surface area contributed by atoms with Gasteiger partial charge in [0, 0.05) is 9.13 Å². The molecule has 0 amide bonds. The van der Waals surface area contributed by atoms with Crippen molar-refractivity contribution in [2.24, 2.45) is 0 Å². The first-order valence-corrected chi connectivity index (χ1v) is 12.2. The zero-order valence-electron chi connectivity index (χ0n) is 13.6. The van der Waals surface area contributed by atoms with Crippen LogP contribution in [0.2, 0.25) is 19.1 Å². The van der Waals surface area contributed by atoms with Crippen LogP contribution in [0, 0.1) is 15.0 Å². The minimum absolute atomic E-state index is 1.13. The van der Waals surface area contributed by atoms with Crippen LogP contribution in [0.15, 0.2) is 48.5 Å². The molecule has 22 heavy (non-hydrogen) atoms. The van der Waals surface area contributed by atoms with Crippen molar-refractivity contribution in [3.8, 4) is 22.6 Å². The molecule has 2 aromatic rings. The fraction of sp³-hybridized carbons (Fsp3) is 0.300. The van der Waals surface area contributed by atoms with E-state index in [0.717, 1.165) is 5.56 Å². The summed E-state index contributed by atoms with van der Waals surface area (Å²) >= 11 is 2.33. The van der Waals surface area contributed by atoms with E-state index in [0.29, 0.717) is 0 Å². The maximum Gasteiger partial charge on any atom is 0.132 e. The third kappa shape index (κ3) is 5.30. The van der Waals surface area contributed by atoms with Crippen LogP contribution in [0.5, 0.6) is 0 Å². The van der Waals surface area contributed by atoms with Crippen molar-refractivity contribution in [3.63, 3.8) is 0 Å². The minimum atomic E-state index is -1.35. The van der Waals surface area contributed by atoms with Gasteiger partial charge < -0.3 is 0 Å². The summed E-state index contributed by atoms with van der Waals surface area (Å²) in [6, 6.07) is 18.6. The van der Waals surface area contributed by atoms with E-state index >= 15 is 0 Å². The lowest BCUT2D eigenvalue weighted by molar-refractivity contribution is 0.871. The van der Waals surface area contributed by atoms with Crippen LogP contribution in [0.1, 0.15) is 25.3 Å². The van der Waals surface area contributed by atoms with Crippen LogP contribution in [-0.4, -0.2) is 8.07 Å². The van der Waals surface area contributed by atoms with E-state index in [1.54, 1.807) is 0 Å². The third-order valence-electron chi connectivity index (χ3n) is 3.76. The molecule has 0 aliphatic rings. The van der Waals surface area contributed by atoms with E-state index in [2.05, 4.69) is 103 Å². The lowest BCUT2D eigenvalue weighted by Gasteiger charge is -2.13. The highest BCUT2D eigenvalue weighted by Gasteiger charge is 2.16. The topological polar surface area (TPSA) is 0 Å². The van der Waals surface area contributed by atoms with Crippen molar-refractivity contribution in [2.45, 2.75) is 38.9 Å². The maximum atomic E-state index is 3.56. The van der Waals surface area contributed by atoms with Gasteiger partial charge in [-0.15, -0.1) is 5.54 Å². The van der Waals surface area contributed by atoms with Gasteiger partial charge in [-0.05, 0) is 64.0 Å². The third-order valence-corrected chi connectivity index (χ3v) is 6.89. The summed E-state index contributed by atoms with van der Waals surface area (Å²) in [5.41, 5.74) is 7.21. The first-order chi connectivity index (χ1) is 10.5. The molecule has 0 heterocycles. The van der Waals surface area contributed by atoms with Gasteiger partial charge >= 0.3 is 0 Å². The summed E-state index contributed by atoms with van der Waals surface area (Å²) in [7, 11) is -1.35. The van der Waals surface area contributed by atoms with Crippen LogP contribution in [0.25, 0.3) is 11.1 Å². The summed E-state index contributed by atoms with van der Waals surface area (Å²) in [6.07, 6.45) is 2.57. The Kier molecular flexibility index (Phi) is 6.28. The summed E-state index contributed by atoms with van der Waals surface area (Å²) in [4.78, 5) is 0. The molecule has 0 N–H and O–H groups in total. The molecule has 0 radical (unpaired) electrons. The summed E-state index contributed by atoms with van der Waals surface area (Å²) in [5.74, 6) is 3.39. The zero-order valence-corrected chi connectivity index (χ0v) is 16.8. The first-order valence-electron chi connectivity index (χ1n) is 7.89. The number of rotatable bonds is 4. The largest absolute Gasteiger partial charge is 0.132 e. The van der Waals surface area contributed by atoms with Crippen LogP contribution in [0.3, 0.4) is 0 Å². The molecule has 0 atom stereocenters. The molecular weight excluding hydrogens is 395 g/mol. The fourth-order valence-electron chi connectivity index (χ4n) is 2.31. The molecular formula is C20H23ISi. The van der Waals surface area contributed by atoms with Gasteiger partial charge in [0.15, 0.2) is 0 Å². The Morgan fingerprint density at radius 3 is 2.00 bits per heavy atom. The monoisotopic (exact) mass is 418 g/mol. The number of unbranched alkanes of at least 4 members (excludes halogenated alkanes) is 1. The van der Waals surface area contributed by atoms with Gasteiger partial charge in [0.25, 0.3) is 0 Å². The molecule has 0 aliphatic heterocycles. The summed E-state index contributed by atoms with van der Waals surface area (Å²) < 4.78 is 1.27. The quantitative estimate of drug-likeness (QED) is 0.308. The molecule has 114 valence electrons. The highest BCUT2D eigenvalue weighted by atomic mass is 127. The van der Waals surface area contributed by atoms with E-state index in [1.807, 2.05) is 0 Å². The molecule has 0 aromatic heterocycles. The highest BCUT2D eigenvalue weighted by Crippen LogP contribution is 2.21. The second kappa shape index (κ2) is 7.98. The predicted molar refractivity (Wildman–Crippen MR) is 109 cm³/mol. The van der Waals surface area contributed by atoms with Gasteiger partial charge in [0.1, 0.15) is 8.07 Å². The van der Waals surface area contributed by atoms with Crippen molar-refractivity contribution in [1.29, 1.82) is 0 Å².